The van der Waals surface area contributed by atoms with Gasteiger partial charge < -0.3 is 0 Å². The first-order chi connectivity index (χ1) is 7.27. The molecule has 2 rings (SSSR count). The van der Waals surface area contributed by atoms with Gasteiger partial charge in [0.15, 0.2) is 0 Å². The van der Waals surface area contributed by atoms with Crippen LogP contribution in [0.2, 0.25) is 0 Å². The lowest BCUT2D eigenvalue weighted by atomic mass is 10.1. The Morgan fingerprint density at radius 3 is 2.87 bits per heavy atom. The zero-order chi connectivity index (χ0) is 10.8. The molecule has 76 valence electrons. The number of thiophene rings is 1. The van der Waals surface area contributed by atoms with E-state index in [2.05, 4.69) is 42.9 Å². The third-order valence-electron chi connectivity index (χ3n) is 2.41. The fourth-order valence-electron chi connectivity index (χ4n) is 1.71. The highest BCUT2D eigenvalue weighted by molar-refractivity contribution is 7.23. The van der Waals surface area contributed by atoms with Crippen LogP contribution in [0.4, 0.5) is 5.00 Å². The van der Waals surface area contributed by atoms with E-state index in [1.165, 1.54) is 21.2 Å². The Morgan fingerprint density at radius 2 is 2.20 bits per heavy atom. The molecule has 0 unspecified atom stereocenters. The molecule has 1 aromatic heterocycles. The molecule has 0 saturated carbocycles. The molecule has 0 spiro atoms. The average Bonchev–Trinajstić information content (AvgIpc) is 2.59. The molecule has 0 fully saturated rings. The number of benzene rings is 1. The minimum Gasteiger partial charge on any atom is -0.253 e. The number of allylic oxidation sites excluding steroid dienone is 1. The van der Waals surface area contributed by atoms with Gasteiger partial charge in [-0.15, -0.1) is 11.3 Å². The summed E-state index contributed by atoms with van der Waals surface area (Å²) in [7, 11) is 0. The van der Waals surface area contributed by atoms with E-state index in [1.807, 2.05) is 13.0 Å². The molecule has 2 heteroatoms. The summed E-state index contributed by atoms with van der Waals surface area (Å²) in [6, 6.07) is 6.36. The molecule has 15 heavy (non-hydrogen) atoms. The standard InChI is InChI=1S/C13H13NS/c1-4-6-11-10-8-5-7-9(2)12(10)15-13(11)14-3/h4-8H,3H2,1-2H3. The molecule has 0 bridgehead atoms. The van der Waals surface area contributed by atoms with E-state index in [4.69, 9.17) is 0 Å². The van der Waals surface area contributed by atoms with Gasteiger partial charge in [0.2, 0.25) is 0 Å². The van der Waals surface area contributed by atoms with Gasteiger partial charge >= 0.3 is 0 Å². The van der Waals surface area contributed by atoms with Crippen LogP contribution in [0, 0.1) is 6.92 Å². The second-order valence-electron chi connectivity index (χ2n) is 3.43. The van der Waals surface area contributed by atoms with Crippen molar-refractivity contribution in [3.05, 3.63) is 35.4 Å². The monoisotopic (exact) mass is 215 g/mol. The third-order valence-corrected chi connectivity index (χ3v) is 3.70. The molecule has 0 aliphatic heterocycles. The van der Waals surface area contributed by atoms with Gasteiger partial charge in [0, 0.05) is 15.6 Å². The van der Waals surface area contributed by atoms with Crippen LogP contribution < -0.4 is 0 Å². The predicted molar refractivity (Wildman–Crippen MR) is 70.5 cm³/mol. The number of aliphatic imine (C=N–C) groups is 1. The number of aryl methyl sites for hydroxylation is 1. The van der Waals surface area contributed by atoms with Crippen molar-refractivity contribution in [2.24, 2.45) is 4.99 Å². The first kappa shape index (κ1) is 10.1. The van der Waals surface area contributed by atoms with Gasteiger partial charge in [-0.05, 0) is 26.1 Å². The molecule has 0 aliphatic carbocycles. The second kappa shape index (κ2) is 3.99. The van der Waals surface area contributed by atoms with Crippen molar-refractivity contribution in [1.82, 2.24) is 0 Å². The van der Waals surface area contributed by atoms with Crippen LogP contribution in [0.15, 0.2) is 29.3 Å². The quantitative estimate of drug-likeness (QED) is 0.650. The molecule has 1 heterocycles. The molecular formula is C13H13NS. The summed E-state index contributed by atoms with van der Waals surface area (Å²) in [5.41, 5.74) is 2.49. The molecule has 0 N–H and O–H groups in total. The van der Waals surface area contributed by atoms with Crippen LogP contribution in [0.3, 0.4) is 0 Å². The van der Waals surface area contributed by atoms with Gasteiger partial charge in [0.05, 0.1) is 0 Å². The lowest BCUT2D eigenvalue weighted by molar-refractivity contribution is 1.56. The van der Waals surface area contributed by atoms with Gasteiger partial charge in [-0.2, -0.15) is 0 Å². The Balaban J connectivity index is 2.85. The van der Waals surface area contributed by atoms with E-state index in [9.17, 15) is 0 Å². The van der Waals surface area contributed by atoms with Crippen molar-refractivity contribution < 1.29 is 0 Å². The zero-order valence-corrected chi connectivity index (χ0v) is 9.77. The molecule has 0 atom stereocenters. The second-order valence-corrected chi connectivity index (χ2v) is 4.43. The molecule has 2 aromatic rings. The SMILES string of the molecule is C=Nc1sc2c(C)cccc2c1C=CC. The molecule has 0 amide bonds. The van der Waals surface area contributed by atoms with Crippen LogP contribution in [-0.4, -0.2) is 6.72 Å². The molecule has 0 aliphatic rings. The number of fused-ring (bicyclic) bond motifs is 1. The Kier molecular flexibility index (Phi) is 2.69. The first-order valence-corrected chi connectivity index (χ1v) is 5.71. The van der Waals surface area contributed by atoms with Crippen LogP contribution in [0.25, 0.3) is 16.2 Å². The molecular weight excluding hydrogens is 202 g/mol. The van der Waals surface area contributed by atoms with Gasteiger partial charge in [-0.1, -0.05) is 30.4 Å². The normalized spacial score (nSPS) is 11.3. The summed E-state index contributed by atoms with van der Waals surface area (Å²) >= 11 is 1.71. The number of nitrogens with zero attached hydrogens (tertiary/aromatic N) is 1. The summed E-state index contributed by atoms with van der Waals surface area (Å²) in [6.07, 6.45) is 4.14. The summed E-state index contributed by atoms with van der Waals surface area (Å²) in [5.74, 6) is 0. The van der Waals surface area contributed by atoms with Crippen molar-refractivity contribution in [1.29, 1.82) is 0 Å². The van der Waals surface area contributed by atoms with E-state index in [1.54, 1.807) is 11.3 Å². The van der Waals surface area contributed by atoms with E-state index >= 15 is 0 Å². The van der Waals surface area contributed by atoms with Crippen LogP contribution in [0.1, 0.15) is 18.1 Å². The van der Waals surface area contributed by atoms with Crippen molar-refractivity contribution in [3.63, 3.8) is 0 Å². The molecule has 0 saturated heterocycles. The maximum Gasteiger partial charge on any atom is 0.123 e. The average molecular weight is 215 g/mol. The van der Waals surface area contributed by atoms with Crippen LogP contribution in [-0.2, 0) is 0 Å². The van der Waals surface area contributed by atoms with Gasteiger partial charge in [-0.25, -0.2) is 0 Å². The Morgan fingerprint density at radius 1 is 1.40 bits per heavy atom. The summed E-state index contributed by atoms with van der Waals surface area (Å²) in [6.45, 7) is 7.78. The summed E-state index contributed by atoms with van der Waals surface area (Å²) in [4.78, 5) is 4.08. The van der Waals surface area contributed by atoms with E-state index < -0.39 is 0 Å². The Labute approximate surface area is 93.8 Å². The highest BCUT2D eigenvalue weighted by Crippen LogP contribution is 2.39. The predicted octanol–water partition coefficient (Wildman–Crippen LogP) is 4.57. The maximum atomic E-state index is 4.08. The highest BCUT2D eigenvalue weighted by atomic mass is 32.1. The fourth-order valence-corrected chi connectivity index (χ4v) is 2.77. The van der Waals surface area contributed by atoms with E-state index in [-0.39, 0.29) is 0 Å². The third kappa shape index (κ3) is 1.61. The van der Waals surface area contributed by atoms with Gasteiger partial charge in [0.1, 0.15) is 5.00 Å². The van der Waals surface area contributed by atoms with Gasteiger partial charge in [0.25, 0.3) is 0 Å². The summed E-state index contributed by atoms with van der Waals surface area (Å²) < 4.78 is 1.31. The van der Waals surface area contributed by atoms with Crippen molar-refractivity contribution >= 4 is 39.2 Å². The smallest absolute Gasteiger partial charge is 0.123 e. The molecule has 0 radical (unpaired) electrons. The van der Waals surface area contributed by atoms with E-state index in [0.29, 0.717) is 0 Å². The van der Waals surface area contributed by atoms with Crippen LogP contribution in [0.5, 0.6) is 0 Å². The van der Waals surface area contributed by atoms with Crippen LogP contribution >= 0.6 is 11.3 Å². The van der Waals surface area contributed by atoms with E-state index in [0.717, 1.165) is 5.00 Å². The summed E-state index contributed by atoms with van der Waals surface area (Å²) in [5, 5.41) is 2.29. The maximum absolute atomic E-state index is 4.08. The number of rotatable bonds is 2. The van der Waals surface area contributed by atoms with Crippen molar-refractivity contribution in [2.75, 3.05) is 0 Å². The Hall–Kier alpha value is -1.41. The lowest BCUT2D eigenvalue weighted by Crippen LogP contribution is -1.72. The topological polar surface area (TPSA) is 12.4 Å². The first-order valence-electron chi connectivity index (χ1n) is 4.89. The lowest BCUT2D eigenvalue weighted by Gasteiger charge is -1.95. The van der Waals surface area contributed by atoms with Crippen molar-refractivity contribution in [3.8, 4) is 0 Å². The van der Waals surface area contributed by atoms with Crippen molar-refractivity contribution in [2.45, 2.75) is 13.8 Å². The number of hydrogen-bond donors (Lipinski definition) is 0. The minimum absolute atomic E-state index is 1.01. The Bertz CT molecular complexity index is 535. The van der Waals surface area contributed by atoms with Gasteiger partial charge in [-0.3, -0.25) is 4.99 Å². The minimum atomic E-state index is 1.01. The fraction of sp³-hybridized carbons (Fsp3) is 0.154. The highest BCUT2D eigenvalue weighted by Gasteiger charge is 2.09. The molecule has 1 aromatic carbocycles. The molecule has 1 nitrogen and oxygen atoms in total. The zero-order valence-electron chi connectivity index (χ0n) is 8.95. The largest absolute Gasteiger partial charge is 0.253 e. The number of hydrogen-bond acceptors (Lipinski definition) is 2.